The summed E-state index contributed by atoms with van der Waals surface area (Å²) >= 11 is 0. The molecule has 0 radical (unpaired) electrons. The fourth-order valence-corrected chi connectivity index (χ4v) is 3.82. The summed E-state index contributed by atoms with van der Waals surface area (Å²) in [6.45, 7) is 6.41. The molecule has 2 saturated heterocycles. The average molecular weight is 410 g/mol. The highest BCUT2D eigenvalue weighted by Crippen LogP contribution is 2.38. The van der Waals surface area contributed by atoms with Crippen LogP contribution in [0.25, 0.3) is 0 Å². The van der Waals surface area contributed by atoms with E-state index in [-0.39, 0.29) is 5.91 Å². The molecule has 0 unspecified atom stereocenters. The Kier molecular flexibility index (Phi) is 8.51. The second-order valence-electron chi connectivity index (χ2n) is 7.73. The predicted molar refractivity (Wildman–Crippen MR) is 93.6 cm³/mol. The van der Waals surface area contributed by atoms with Crippen LogP contribution in [0.3, 0.4) is 0 Å². The molecule has 0 bridgehead atoms. The number of aliphatic carboxylic acids is 1. The fraction of sp³-hybridized carbons (Fsp3) is 0.889. The maximum atomic E-state index is 12.0. The molecule has 10 heteroatoms. The molecule has 1 saturated carbocycles. The van der Waals surface area contributed by atoms with E-state index in [1.54, 1.807) is 7.11 Å². The Labute approximate surface area is 162 Å². The molecule has 3 fully saturated rings. The summed E-state index contributed by atoms with van der Waals surface area (Å²) in [5, 5.41) is 10.1. The van der Waals surface area contributed by atoms with Crippen LogP contribution in [-0.4, -0.2) is 81.2 Å². The topological polar surface area (TPSA) is 88.1 Å². The van der Waals surface area contributed by atoms with E-state index in [1.165, 1.54) is 32.5 Å². The number of ether oxygens (including phenoxy) is 2. The maximum absolute atomic E-state index is 12.0. The lowest BCUT2D eigenvalue weighted by Gasteiger charge is -2.32. The number of carboxylic acid groups (broad SMARTS) is 1. The molecular weight excluding hydrogens is 381 g/mol. The Morgan fingerprint density at radius 1 is 1.25 bits per heavy atom. The highest BCUT2D eigenvalue weighted by atomic mass is 19.4. The Morgan fingerprint density at radius 3 is 2.50 bits per heavy atom. The van der Waals surface area contributed by atoms with E-state index in [4.69, 9.17) is 19.4 Å². The van der Waals surface area contributed by atoms with E-state index in [9.17, 15) is 18.0 Å². The van der Waals surface area contributed by atoms with E-state index >= 15 is 0 Å². The Morgan fingerprint density at radius 2 is 1.93 bits per heavy atom. The summed E-state index contributed by atoms with van der Waals surface area (Å²) in [7, 11) is 1.65. The molecule has 0 aromatic heterocycles. The van der Waals surface area contributed by atoms with Crippen molar-refractivity contribution in [2.24, 2.45) is 23.7 Å². The first-order valence-corrected chi connectivity index (χ1v) is 9.56. The van der Waals surface area contributed by atoms with Crippen molar-refractivity contribution in [2.75, 3.05) is 53.1 Å². The summed E-state index contributed by atoms with van der Waals surface area (Å²) in [4.78, 5) is 23.5. The van der Waals surface area contributed by atoms with Crippen LogP contribution in [0.5, 0.6) is 0 Å². The van der Waals surface area contributed by atoms with Crippen molar-refractivity contribution in [1.29, 1.82) is 0 Å². The quantitative estimate of drug-likeness (QED) is 0.617. The number of alkyl halides is 3. The summed E-state index contributed by atoms with van der Waals surface area (Å²) in [5.74, 6) is -0.00763. The fourth-order valence-electron chi connectivity index (χ4n) is 3.82. The molecular formula is C18H29F3N2O5. The van der Waals surface area contributed by atoms with Crippen molar-refractivity contribution in [3.63, 3.8) is 0 Å². The number of carboxylic acids is 1. The predicted octanol–water partition coefficient (Wildman–Crippen LogP) is 1.38. The van der Waals surface area contributed by atoms with Crippen LogP contribution < -0.4 is 5.32 Å². The normalized spacial score (nSPS) is 27.5. The molecule has 0 aromatic rings. The van der Waals surface area contributed by atoms with Gasteiger partial charge < -0.3 is 24.8 Å². The smallest absolute Gasteiger partial charge is 0.475 e. The van der Waals surface area contributed by atoms with Crippen molar-refractivity contribution in [3.05, 3.63) is 0 Å². The summed E-state index contributed by atoms with van der Waals surface area (Å²) in [6.07, 6.45) is -1.66. The molecule has 1 aliphatic carbocycles. The zero-order valence-electron chi connectivity index (χ0n) is 16.0. The number of hydrogen-bond donors (Lipinski definition) is 2. The zero-order chi connectivity index (χ0) is 20.7. The van der Waals surface area contributed by atoms with Crippen molar-refractivity contribution < 1.29 is 37.3 Å². The molecule has 1 amide bonds. The maximum Gasteiger partial charge on any atom is 0.490 e. The number of carbonyl (C=O) groups is 2. The summed E-state index contributed by atoms with van der Waals surface area (Å²) < 4.78 is 42.5. The second kappa shape index (κ2) is 10.4. The average Bonchev–Trinajstić information content (AvgIpc) is 3.31. The number of hydrogen-bond acceptors (Lipinski definition) is 5. The number of likely N-dealkylation sites (tertiary alicyclic amines) is 1. The van der Waals surface area contributed by atoms with Gasteiger partial charge in [0.2, 0.25) is 5.91 Å². The van der Waals surface area contributed by atoms with Gasteiger partial charge in [0.05, 0.1) is 19.8 Å². The Bertz CT molecular complexity index is 528. The van der Waals surface area contributed by atoms with E-state index in [1.807, 2.05) is 0 Å². The number of carbonyl (C=O) groups excluding carboxylic acids is 1. The molecule has 0 spiro atoms. The molecule has 162 valence electrons. The highest BCUT2D eigenvalue weighted by molar-refractivity contribution is 5.76. The molecule has 3 rings (SSSR count). The van der Waals surface area contributed by atoms with Gasteiger partial charge in [-0.3, -0.25) is 4.79 Å². The molecule has 3 aliphatic rings. The van der Waals surface area contributed by atoms with E-state index in [0.29, 0.717) is 37.3 Å². The van der Waals surface area contributed by atoms with Gasteiger partial charge in [0.15, 0.2) is 0 Å². The number of fused-ring (bicyclic) bond motifs is 1. The minimum absolute atomic E-state index is 0.141. The number of nitrogens with zero attached hydrogens (tertiary/aromatic N) is 1. The van der Waals surface area contributed by atoms with Crippen LogP contribution >= 0.6 is 0 Å². The van der Waals surface area contributed by atoms with Crippen LogP contribution in [0.4, 0.5) is 13.2 Å². The summed E-state index contributed by atoms with van der Waals surface area (Å²) in [6, 6.07) is 0. The first kappa shape index (κ1) is 22.9. The van der Waals surface area contributed by atoms with Crippen LogP contribution in [0.15, 0.2) is 0 Å². The third-order valence-electron chi connectivity index (χ3n) is 5.37. The molecule has 2 aliphatic heterocycles. The monoisotopic (exact) mass is 410 g/mol. The van der Waals surface area contributed by atoms with Crippen molar-refractivity contribution in [1.82, 2.24) is 10.2 Å². The number of rotatable bonds is 7. The van der Waals surface area contributed by atoms with Gasteiger partial charge in [0.1, 0.15) is 0 Å². The van der Waals surface area contributed by atoms with Gasteiger partial charge in [-0.2, -0.15) is 13.2 Å². The molecule has 2 heterocycles. The molecule has 7 nitrogen and oxygen atoms in total. The van der Waals surface area contributed by atoms with Gasteiger partial charge in [0.25, 0.3) is 0 Å². The number of nitrogens with one attached hydrogen (secondary N) is 1. The third kappa shape index (κ3) is 7.56. The number of methoxy groups -OCH3 is 1. The second-order valence-corrected chi connectivity index (χ2v) is 7.73. The standard InChI is InChI=1S/C16H28N2O3.C2HF3O2/c1-20-5-4-17-16(19)6-13-10-21-11-14-8-18(9-15(13)14)7-12-2-3-12;3-2(4,5)1(6)7/h12-15H,2-11H2,1H3,(H,17,19);(H,6,7)/t13-,14-,15+;/m1./s1. The zero-order valence-corrected chi connectivity index (χ0v) is 16.0. The van der Waals surface area contributed by atoms with Gasteiger partial charge >= 0.3 is 12.1 Å². The van der Waals surface area contributed by atoms with Gasteiger partial charge in [-0.05, 0) is 36.5 Å². The molecule has 3 atom stereocenters. The van der Waals surface area contributed by atoms with Crippen LogP contribution in [0.1, 0.15) is 19.3 Å². The minimum Gasteiger partial charge on any atom is -0.475 e. The van der Waals surface area contributed by atoms with Crippen molar-refractivity contribution >= 4 is 11.9 Å². The third-order valence-corrected chi connectivity index (χ3v) is 5.37. The minimum atomic E-state index is -5.08. The first-order chi connectivity index (χ1) is 13.2. The lowest BCUT2D eigenvalue weighted by Crippen LogP contribution is -2.38. The lowest BCUT2D eigenvalue weighted by atomic mass is 9.81. The number of amides is 1. The van der Waals surface area contributed by atoms with Crippen LogP contribution in [0, 0.1) is 23.7 Å². The molecule has 2 N–H and O–H groups in total. The molecule has 28 heavy (non-hydrogen) atoms. The lowest BCUT2D eigenvalue weighted by molar-refractivity contribution is -0.192. The van der Waals surface area contributed by atoms with Gasteiger partial charge in [-0.1, -0.05) is 0 Å². The van der Waals surface area contributed by atoms with Gasteiger partial charge in [-0.15, -0.1) is 0 Å². The van der Waals surface area contributed by atoms with Gasteiger partial charge in [0, 0.05) is 39.7 Å². The van der Waals surface area contributed by atoms with Gasteiger partial charge in [-0.25, -0.2) is 4.79 Å². The molecule has 0 aromatic carbocycles. The summed E-state index contributed by atoms with van der Waals surface area (Å²) in [5.41, 5.74) is 0. The largest absolute Gasteiger partial charge is 0.490 e. The van der Waals surface area contributed by atoms with Crippen LogP contribution in [-0.2, 0) is 19.1 Å². The van der Waals surface area contributed by atoms with E-state index in [2.05, 4.69) is 10.2 Å². The SMILES string of the molecule is COCCNC(=O)C[C@@H]1COC[C@H]2CN(CC3CC3)C[C@@H]12.O=C(O)C(F)(F)F. The Hall–Kier alpha value is -1.39. The van der Waals surface area contributed by atoms with E-state index in [0.717, 1.165) is 19.1 Å². The van der Waals surface area contributed by atoms with Crippen molar-refractivity contribution in [3.8, 4) is 0 Å². The number of halogens is 3. The van der Waals surface area contributed by atoms with E-state index < -0.39 is 12.1 Å². The Balaban J connectivity index is 0.000000345. The highest BCUT2D eigenvalue weighted by Gasteiger charge is 2.42. The first-order valence-electron chi connectivity index (χ1n) is 9.56. The van der Waals surface area contributed by atoms with Crippen molar-refractivity contribution in [2.45, 2.75) is 25.4 Å². The van der Waals surface area contributed by atoms with Crippen LogP contribution in [0.2, 0.25) is 0 Å².